The monoisotopic (exact) mass is 467 g/mol. The van der Waals surface area contributed by atoms with E-state index in [0.29, 0.717) is 27.5 Å². The molecular weight excluding hydrogens is 442 g/mol. The van der Waals surface area contributed by atoms with Crippen LogP contribution in [-0.2, 0) is 24.2 Å². The molecule has 0 atom stereocenters. The zero-order valence-electron chi connectivity index (χ0n) is 18.1. The number of aryl methyl sites for hydroxylation is 1. The van der Waals surface area contributed by atoms with Gasteiger partial charge in [-0.25, -0.2) is 4.98 Å². The van der Waals surface area contributed by atoms with Crippen LogP contribution >= 0.6 is 23.1 Å². The average molecular weight is 468 g/mol. The number of ether oxygens (including phenoxy) is 1. The van der Waals surface area contributed by atoms with E-state index in [4.69, 9.17) is 4.74 Å². The van der Waals surface area contributed by atoms with Crippen LogP contribution < -0.4 is 10.1 Å². The molecule has 1 amide bonds. The Balaban J connectivity index is 1.27. The molecule has 1 aliphatic carbocycles. The summed E-state index contributed by atoms with van der Waals surface area (Å²) in [4.78, 5) is 18.0. The van der Waals surface area contributed by atoms with Crippen LogP contribution in [-0.4, -0.2) is 26.8 Å². The molecule has 1 aromatic carbocycles. The maximum Gasteiger partial charge on any atom is 0.235 e. The molecule has 0 saturated heterocycles. The largest absolute Gasteiger partial charge is 0.486 e. The van der Waals surface area contributed by atoms with Crippen LogP contribution in [0.5, 0.6) is 5.75 Å². The number of thioether (sulfide) groups is 1. The second-order valence-corrected chi connectivity index (χ2v) is 9.99. The van der Waals surface area contributed by atoms with Crippen molar-refractivity contribution in [3.63, 3.8) is 0 Å². The predicted octanol–water partition coefficient (Wildman–Crippen LogP) is 5.05. The first-order valence-corrected chi connectivity index (χ1v) is 12.4. The summed E-state index contributed by atoms with van der Waals surface area (Å²) in [7, 11) is 0. The normalized spacial score (nSPS) is 12.9. The lowest BCUT2D eigenvalue weighted by molar-refractivity contribution is -0.113. The average Bonchev–Trinajstić information content (AvgIpc) is 3.40. The van der Waals surface area contributed by atoms with E-state index in [1.54, 1.807) is 0 Å². The van der Waals surface area contributed by atoms with Crippen LogP contribution in [0.25, 0.3) is 0 Å². The number of nitrogens with zero attached hydrogens (tertiary/aromatic N) is 3. The topological polar surface area (TPSA) is 104 Å². The van der Waals surface area contributed by atoms with E-state index < -0.39 is 0 Å². The Morgan fingerprint density at radius 2 is 2.09 bits per heavy atom. The number of thiophene rings is 1. The Bertz CT molecular complexity index is 1130. The number of rotatable bonds is 8. The summed E-state index contributed by atoms with van der Waals surface area (Å²) < 4.78 is 5.76. The van der Waals surface area contributed by atoms with Crippen molar-refractivity contribution in [2.45, 2.75) is 57.2 Å². The molecule has 2 aromatic heterocycles. The van der Waals surface area contributed by atoms with E-state index in [1.807, 2.05) is 12.1 Å². The molecule has 0 aliphatic heterocycles. The molecule has 166 valence electrons. The fraction of sp³-hybridized carbons (Fsp3) is 0.391. The van der Waals surface area contributed by atoms with E-state index in [9.17, 15) is 10.1 Å². The van der Waals surface area contributed by atoms with E-state index in [-0.39, 0.29) is 18.3 Å². The minimum atomic E-state index is -0.169. The van der Waals surface area contributed by atoms with E-state index >= 15 is 0 Å². The van der Waals surface area contributed by atoms with Gasteiger partial charge in [-0.3, -0.25) is 9.89 Å². The number of fused-ring (bicyclic) bond motifs is 1. The molecule has 3 aromatic rings. The van der Waals surface area contributed by atoms with Gasteiger partial charge in [0.05, 0.1) is 11.3 Å². The highest BCUT2D eigenvalue weighted by atomic mass is 32.2. The first-order valence-electron chi connectivity index (χ1n) is 10.6. The highest BCUT2D eigenvalue weighted by Gasteiger charge is 2.22. The highest BCUT2D eigenvalue weighted by Crippen LogP contribution is 2.37. The number of benzene rings is 1. The molecule has 0 radical (unpaired) electrons. The Hall–Kier alpha value is -2.83. The van der Waals surface area contributed by atoms with Gasteiger partial charge in [0.1, 0.15) is 23.4 Å². The quantitative estimate of drug-likeness (QED) is 0.449. The Labute approximate surface area is 195 Å². The lowest BCUT2D eigenvalue weighted by Gasteiger charge is -2.09. The molecule has 9 heteroatoms. The minimum absolute atomic E-state index is 0.169. The molecule has 0 bridgehead atoms. The molecule has 2 N–H and O–H groups in total. The molecule has 0 spiro atoms. The number of carbonyl (C=O) groups is 1. The molecule has 0 saturated carbocycles. The second-order valence-electron chi connectivity index (χ2n) is 7.94. The van der Waals surface area contributed by atoms with Crippen molar-refractivity contribution in [2.75, 3.05) is 11.1 Å². The number of aromatic amines is 1. The number of anilines is 1. The number of nitriles is 1. The summed E-state index contributed by atoms with van der Waals surface area (Å²) >= 11 is 2.77. The molecule has 0 unspecified atom stereocenters. The van der Waals surface area contributed by atoms with E-state index in [2.05, 4.69) is 52.5 Å². The summed E-state index contributed by atoms with van der Waals surface area (Å²) in [5, 5.41) is 20.6. The van der Waals surface area contributed by atoms with Crippen molar-refractivity contribution in [3.8, 4) is 11.8 Å². The summed E-state index contributed by atoms with van der Waals surface area (Å²) in [5.74, 6) is 1.84. The standard InChI is InChI=1S/C23H25N5O2S2/c1-14(2)15-7-9-16(10-8-15)30-12-20-25-23(28-27-20)31-13-21(29)26-22-18(11-24)17-5-3-4-6-19(17)32-22/h7-10,14H,3-6,12-13H2,1-2H3,(H,26,29)(H,25,27,28). The van der Waals surface area contributed by atoms with Crippen LogP contribution in [0, 0.1) is 11.3 Å². The zero-order valence-corrected chi connectivity index (χ0v) is 19.7. The maximum atomic E-state index is 12.4. The van der Waals surface area contributed by atoms with Crippen LogP contribution in [0.3, 0.4) is 0 Å². The Morgan fingerprint density at radius 1 is 1.31 bits per heavy atom. The highest BCUT2D eigenvalue weighted by molar-refractivity contribution is 7.99. The van der Waals surface area contributed by atoms with Gasteiger partial charge >= 0.3 is 0 Å². The number of hydrogen-bond donors (Lipinski definition) is 2. The molecule has 1 aliphatic rings. The van der Waals surface area contributed by atoms with E-state index in [1.165, 1.54) is 33.5 Å². The number of hydrogen-bond acceptors (Lipinski definition) is 7. The third-order valence-electron chi connectivity index (χ3n) is 5.30. The Kier molecular flexibility index (Phi) is 7.12. The van der Waals surface area contributed by atoms with Gasteiger partial charge in [-0.05, 0) is 54.9 Å². The van der Waals surface area contributed by atoms with Gasteiger partial charge in [0.25, 0.3) is 0 Å². The molecule has 7 nitrogen and oxygen atoms in total. The van der Waals surface area contributed by atoms with Crippen molar-refractivity contribution >= 4 is 34.0 Å². The summed E-state index contributed by atoms with van der Waals surface area (Å²) in [6, 6.07) is 10.3. The third kappa shape index (κ3) is 5.31. The fourth-order valence-electron chi connectivity index (χ4n) is 3.57. The first kappa shape index (κ1) is 22.4. The number of nitrogens with one attached hydrogen (secondary N) is 2. The fourth-order valence-corrected chi connectivity index (χ4v) is 5.45. The van der Waals surface area contributed by atoms with Gasteiger partial charge < -0.3 is 10.1 Å². The van der Waals surface area contributed by atoms with Crippen molar-refractivity contribution < 1.29 is 9.53 Å². The van der Waals surface area contributed by atoms with Gasteiger partial charge in [-0.15, -0.1) is 16.4 Å². The molecule has 0 fully saturated rings. The van der Waals surface area contributed by atoms with Gasteiger partial charge in [0.2, 0.25) is 11.1 Å². The van der Waals surface area contributed by atoms with Crippen LogP contribution in [0.2, 0.25) is 0 Å². The van der Waals surface area contributed by atoms with Crippen molar-refractivity contribution in [3.05, 3.63) is 51.7 Å². The number of amides is 1. The van der Waals surface area contributed by atoms with Crippen molar-refractivity contribution in [1.29, 1.82) is 5.26 Å². The second kappa shape index (κ2) is 10.2. The van der Waals surface area contributed by atoms with Crippen LogP contribution in [0.15, 0.2) is 29.4 Å². The lowest BCUT2D eigenvalue weighted by atomic mass is 9.96. The molecule has 32 heavy (non-hydrogen) atoms. The van der Waals surface area contributed by atoms with Crippen LogP contribution in [0.1, 0.15) is 60.0 Å². The van der Waals surface area contributed by atoms with E-state index in [0.717, 1.165) is 37.0 Å². The third-order valence-corrected chi connectivity index (χ3v) is 7.36. The lowest BCUT2D eigenvalue weighted by Crippen LogP contribution is -2.14. The first-order chi connectivity index (χ1) is 15.5. The number of carbonyl (C=O) groups excluding carboxylic acids is 1. The zero-order chi connectivity index (χ0) is 22.5. The summed E-state index contributed by atoms with van der Waals surface area (Å²) in [6.07, 6.45) is 4.15. The minimum Gasteiger partial charge on any atom is -0.486 e. The molecular formula is C23H25N5O2S2. The van der Waals surface area contributed by atoms with Gasteiger partial charge in [-0.1, -0.05) is 37.7 Å². The SMILES string of the molecule is CC(C)c1ccc(OCc2nc(SCC(=O)Nc3sc4c(c3C#N)CCCC4)n[nH]2)cc1. The molecule has 2 heterocycles. The Morgan fingerprint density at radius 3 is 2.84 bits per heavy atom. The predicted molar refractivity (Wildman–Crippen MR) is 126 cm³/mol. The summed E-state index contributed by atoms with van der Waals surface area (Å²) in [5.41, 5.74) is 3.00. The van der Waals surface area contributed by atoms with Crippen molar-refractivity contribution in [2.24, 2.45) is 0 Å². The van der Waals surface area contributed by atoms with Gasteiger partial charge in [0.15, 0.2) is 5.82 Å². The summed E-state index contributed by atoms with van der Waals surface area (Å²) in [6.45, 7) is 4.58. The van der Waals surface area contributed by atoms with Gasteiger partial charge in [0, 0.05) is 4.88 Å². The van der Waals surface area contributed by atoms with Crippen molar-refractivity contribution in [1.82, 2.24) is 15.2 Å². The van der Waals surface area contributed by atoms with Gasteiger partial charge in [-0.2, -0.15) is 5.26 Å². The maximum absolute atomic E-state index is 12.4. The van der Waals surface area contributed by atoms with Crippen LogP contribution in [0.4, 0.5) is 5.00 Å². The smallest absolute Gasteiger partial charge is 0.235 e. The number of aromatic nitrogens is 3. The number of H-pyrrole nitrogens is 1. The molecule has 4 rings (SSSR count).